The molecule has 0 bridgehead atoms. The molecule has 0 unspecified atom stereocenters. The predicted molar refractivity (Wildman–Crippen MR) is 77.5 cm³/mol. The van der Waals surface area contributed by atoms with Crippen molar-refractivity contribution < 1.29 is 19.1 Å². The number of carbonyl (C=O) groups excluding carboxylic acids is 2. The highest BCUT2D eigenvalue weighted by Gasteiger charge is 2.55. The zero-order valence-electron chi connectivity index (χ0n) is 11.9. The van der Waals surface area contributed by atoms with Gasteiger partial charge in [0.2, 0.25) is 0 Å². The first kappa shape index (κ1) is 16.8. The van der Waals surface area contributed by atoms with E-state index in [4.69, 9.17) is 20.6 Å². The van der Waals surface area contributed by atoms with Gasteiger partial charge in [0.05, 0.1) is 6.61 Å². The quantitative estimate of drug-likeness (QED) is 0.321. The second-order valence-corrected chi connectivity index (χ2v) is 5.87. The number of esters is 2. The van der Waals surface area contributed by atoms with Crippen molar-refractivity contribution in [2.45, 2.75) is 45.6 Å². The molecule has 1 rings (SSSR count). The lowest BCUT2D eigenvalue weighted by Gasteiger charge is -2.22. The number of unbranched alkanes of at least 4 members (excludes halogenated alkanes) is 1. The lowest BCUT2D eigenvalue weighted by molar-refractivity contribution is -0.165. The molecule has 0 aromatic heterocycles. The van der Waals surface area contributed by atoms with E-state index in [1.807, 2.05) is 6.92 Å². The first-order valence-electron chi connectivity index (χ1n) is 6.81. The number of thioether (sulfide) groups is 1. The normalized spacial score (nSPS) is 25.3. The van der Waals surface area contributed by atoms with Crippen molar-refractivity contribution in [2.24, 2.45) is 11.1 Å². The molecule has 1 aliphatic heterocycles. The van der Waals surface area contributed by atoms with Gasteiger partial charge < -0.3 is 15.2 Å². The molecular weight excluding hydrogens is 280 g/mol. The first-order chi connectivity index (χ1) is 9.46. The van der Waals surface area contributed by atoms with E-state index in [-0.39, 0.29) is 11.8 Å². The van der Waals surface area contributed by atoms with Gasteiger partial charge in [0.1, 0.15) is 6.10 Å². The third-order valence-corrected chi connectivity index (χ3v) is 4.14. The van der Waals surface area contributed by atoms with Crippen LogP contribution >= 0.6 is 11.8 Å². The van der Waals surface area contributed by atoms with Gasteiger partial charge in [-0.3, -0.25) is 15.0 Å². The van der Waals surface area contributed by atoms with Gasteiger partial charge in [-0.05, 0) is 13.3 Å². The average Bonchev–Trinajstić information content (AvgIpc) is 2.72. The summed E-state index contributed by atoms with van der Waals surface area (Å²) in [7, 11) is 0. The van der Waals surface area contributed by atoms with Gasteiger partial charge in [-0.2, -0.15) is 0 Å². The summed E-state index contributed by atoms with van der Waals surface area (Å²) >= 11 is 1.11. The highest BCUT2D eigenvalue weighted by Crippen LogP contribution is 2.41. The van der Waals surface area contributed by atoms with E-state index in [0.717, 1.165) is 24.6 Å². The van der Waals surface area contributed by atoms with Crippen molar-refractivity contribution >= 4 is 28.9 Å². The molecule has 114 valence electrons. The van der Waals surface area contributed by atoms with Crippen LogP contribution in [0, 0.1) is 10.8 Å². The Labute approximate surface area is 123 Å². The SMILES string of the molecule is CCCC[C@]1(C(=O)OCC)C[C@H](CSC(=N)N)OC1=O. The third-order valence-electron chi connectivity index (χ3n) is 3.29. The van der Waals surface area contributed by atoms with Gasteiger partial charge in [-0.1, -0.05) is 31.5 Å². The van der Waals surface area contributed by atoms with Crippen LogP contribution in [-0.4, -0.2) is 35.6 Å². The van der Waals surface area contributed by atoms with E-state index in [2.05, 4.69) is 0 Å². The summed E-state index contributed by atoms with van der Waals surface area (Å²) in [6.45, 7) is 3.96. The van der Waals surface area contributed by atoms with Crippen molar-refractivity contribution in [3.05, 3.63) is 0 Å². The minimum absolute atomic E-state index is 0.0248. The van der Waals surface area contributed by atoms with E-state index in [9.17, 15) is 9.59 Å². The van der Waals surface area contributed by atoms with Crippen molar-refractivity contribution in [1.82, 2.24) is 0 Å². The standard InChI is InChI=1S/C13H22N2O4S/c1-3-5-6-13(10(16)18-4-2)7-9(19-11(13)17)8-20-12(14)15/h9H,3-8H2,1-2H3,(H3,14,15)/t9-,13-/m1/s1. The zero-order chi connectivity index (χ0) is 15.2. The lowest BCUT2D eigenvalue weighted by Crippen LogP contribution is -2.37. The molecule has 0 aromatic carbocycles. The molecule has 1 aliphatic rings. The molecule has 1 fully saturated rings. The number of nitrogens with one attached hydrogen (secondary N) is 1. The van der Waals surface area contributed by atoms with E-state index in [1.54, 1.807) is 6.92 Å². The molecule has 7 heteroatoms. The maximum absolute atomic E-state index is 12.2. The largest absolute Gasteiger partial charge is 0.465 e. The number of nitrogens with two attached hydrogens (primary N) is 1. The molecule has 0 aliphatic carbocycles. The summed E-state index contributed by atoms with van der Waals surface area (Å²) in [5.74, 6) is -0.596. The molecule has 2 atom stereocenters. The van der Waals surface area contributed by atoms with Gasteiger partial charge in [-0.15, -0.1) is 0 Å². The summed E-state index contributed by atoms with van der Waals surface area (Å²) in [6, 6.07) is 0. The van der Waals surface area contributed by atoms with Crippen LogP contribution in [0.15, 0.2) is 0 Å². The first-order valence-corrected chi connectivity index (χ1v) is 7.80. The minimum Gasteiger partial charge on any atom is -0.465 e. The maximum Gasteiger partial charge on any atom is 0.323 e. The number of hydrogen-bond acceptors (Lipinski definition) is 6. The molecule has 0 aromatic rings. The molecule has 1 heterocycles. The molecule has 0 saturated carbocycles. The highest BCUT2D eigenvalue weighted by molar-refractivity contribution is 8.13. The third kappa shape index (κ3) is 3.88. The molecule has 6 nitrogen and oxygen atoms in total. The topological polar surface area (TPSA) is 102 Å². The van der Waals surface area contributed by atoms with E-state index in [0.29, 0.717) is 18.6 Å². The van der Waals surface area contributed by atoms with Crippen LogP contribution in [0.5, 0.6) is 0 Å². The van der Waals surface area contributed by atoms with Gasteiger partial charge in [0.25, 0.3) is 0 Å². The number of ether oxygens (including phenoxy) is 2. The summed E-state index contributed by atoms with van der Waals surface area (Å²) in [5, 5.41) is 7.15. The summed E-state index contributed by atoms with van der Waals surface area (Å²) in [4.78, 5) is 24.3. The average molecular weight is 302 g/mol. The van der Waals surface area contributed by atoms with Gasteiger partial charge in [0.15, 0.2) is 10.6 Å². The minimum atomic E-state index is -1.17. The number of hydrogen-bond donors (Lipinski definition) is 2. The monoisotopic (exact) mass is 302 g/mol. The zero-order valence-corrected chi connectivity index (χ0v) is 12.8. The van der Waals surface area contributed by atoms with Crippen LogP contribution in [0.1, 0.15) is 39.5 Å². The van der Waals surface area contributed by atoms with E-state index >= 15 is 0 Å². The molecule has 0 amide bonds. The van der Waals surface area contributed by atoms with Crippen molar-refractivity contribution in [3.8, 4) is 0 Å². The molecule has 0 radical (unpaired) electrons. The fourth-order valence-electron chi connectivity index (χ4n) is 2.27. The maximum atomic E-state index is 12.2. The second kappa shape index (κ2) is 7.52. The predicted octanol–water partition coefficient (Wildman–Crippen LogP) is 1.67. The van der Waals surface area contributed by atoms with Gasteiger partial charge in [0, 0.05) is 12.2 Å². The molecule has 20 heavy (non-hydrogen) atoms. The summed E-state index contributed by atoms with van der Waals surface area (Å²) in [6.07, 6.45) is 2.02. The smallest absolute Gasteiger partial charge is 0.323 e. The highest BCUT2D eigenvalue weighted by atomic mass is 32.2. The Morgan fingerprint density at radius 1 is 1.60 bits per heavy atom. The lowest BCUT2D eigenvalue weighted by atomic mass is 9.80. The molecule has 3 N–H and O–H groups in total. The number of amidine groups is 1. The van der Waals surface area contributed by atoms with Crippen LogP contribution in [0.4, 0.5) is 0 Å². The Kier molecular flexibility index (Phi) is 6.32. The van der Waals surface area contributed by atoms with Crippen molar-refractivity contribution in [2.75, 3.05) is 12.4 Å². The fraction of sp³-hybridized carbons (Fsp3) is 0.769. The Morgan fingerprint density at radius 2 is 2.30 bits per heavy atom. The Hall–Kier alpha value is -1.24. The number of rotatable bonds is 7. The van der Waals surface area contributed by atoms with E-state index in [1.165, 1.54) is 0 Å². The van der Waals surface area contributed by atoms with Crippen molar-refractivity contribution in [3.63, 3.8) is 0 Å². The summed E-state index contributed by atoms with van der Waals surface area (Å²) < 4.78 is 10.3. The van der Waals surface area contributed by atoms with Crippen LogP contribution in [0.25, 0.3) is 0 Å². The van der Waals surface area contributed by atoms with Gasteiger partial charge >= 0.3 is 11.9 Å². The van der Waals surface area contributed by atoms with Crippen molar-refractivity contribution in [1.29, 1.82) is 5.41 Å². The van der Waals surface area contributed by atoms with Crippen LogP contribution < -0.4 is 5.73 Å². The molecule has 1 saturated heterocycles. The number of cyclic esters (lactones) is 1. The fourth-order valence-corrected chi connectivity index (χ4v) is 2.83. The molecule has 0 spiro atoms. The second-order valence-electron chi connectivity index (χ2n) is 4.81. The Balaban J connectivity index is 2.79. The Bertz CT molecular complexity index is 389. The molecular formula is C13H22N2O4S. The van der Waals surface area contributed by atoms with Crippen LogP contribution in [0.2, 0.25) is 0 Å². The summed E-state index contributed by atoms with van der Waals surface area (Å²) in [5.41, 5.74) is 4.10. The van der Waals surface area contributed by atoms with Crippen LogP contribution in [0.3, 0.4) is 0 Å². The van der Waals surface area contributed by atoms with Crippen LogP contribution in [-0.2, 0) is 19.1 Å². The van der Waals surface area contributed by atoms with E-state index < -0.39 is 23.5 Å². The Morgan fingerprint density at radius 3 is 2.85 bits per heavy atom. The van der Waals surface area contributed by atoms with Gasteiger partial charge in [-0.25, -0.2) is 0 Å². The number of carbonyl (C=O) groups is 2.